The van der Waals surface area contributed by atoms with Crippen LogP contribution in [-0.2, 0) is 4.74 Å². The number of hydrogen-bond donors (Lipinski definition) is 0. The highest BCUT2D eigenvalue weighted by Gasteiger charge is 2.46. The summed E-state index contributed by atoms with van der Waals surface area (Å²) < 4.78 is 5.47. The van der Waals surface area contributed by atoms with Crippen molar-refractivity contribution >= 4 is 6.09 Å². The van der Waals surface area contributed by atoms with Crippen LogP contribution in [0.2, 0.25) is 0 Å². The number of carbonyl (C=O) groups is 1. The molecule has 5 heteroatoms. The molecule has 1 saturated carbocycles. The first kappa shape index (κ1) is 18.1. The molecule has 0 unspecified atom stereocenters. The van der Waals surface area contributed by atoms with E-state index < -0.39 is 5.60 Å². The Morgan fingerprint density at radius 3 is 2.00 bits per heavy atom. The van der Waals surface area contributed by atoms with Gasteiger partial charge in [-0.25, -0.2) is 4.79 Å². The molecular weight excluding hydrogens is 290 g/mol. The van der Waals surface area contributed by atoms with Gasteiger partial charge in [0.25, 0.3) is 0 Å². The molecule has 5 nitrogen and oxygen atoms in total. The minimum absolute atomic E-state index is 0.192. The molecule has 0 N–H and O–H groups in total. The molecule has 1 aliphatic heterocycles. The zero-order valence-corrected chi connectivity index (χ0v) is 15.3. The Morgan fingerprint density at radius 1 is 1.09 bits per heavy atom. The van der Waals surface area contributed by atoms with Gasteiger partial charge >= 0.3 is 6.09 Å². The van der Waals surface area contributed by atoms with E-state index in [1.165, 1.54) is 0 Å². The van der Waals surface area contributed by atoms with Crippen LogP contribution in [0.15, 0.2) is 0 Å². The van der Waals surface area contributed by atoms with Crippen molar-refractivity contribution in [2.24, 2.45) is 5.41 Å². The number of likely N-dealkylation sites (tertiary alicyclic amines) is 1. The Bertz CT molecular complexity index is 469. The molecule has 130 valence electrons. The average molecular weight is 321 g/mol. The predicted molar refractivity (Wildman–Crippen MR) is 90.0 cm³/mol. The molecule has 0 atom stereocenters. The number of amides is 1. The molecule has 0 radical (unpaired) electrons. The molecule has 0 aromatic heterocycles. The molecule has 2 fully saturated rings. The molecule has 1 heterocycles. The fourth-order valence-corrected chi connectivity index (χ4v) is 3.84. The van der Waals surface area contributed by atoms with Crippen LogP contribution in [-0.4, -0.2) is 54.2 Å². The van der Waals surface area contributed by atoms with Crippen molar-refractivity contribution in [1.82, 2.24) is 9.80 Å². The number of piperidine rings is 1. The molecule has 0 aromatic rings. The van der Waals surface area contributed by atoms with E-state index in [1.807, 2.05) is 39.8 Å². The molecule has 1 saturated heterocycles. The van der Waals surface area contributed by atoms with Crippen molar-refractivity contribution in [2.45, 2.75) is 70.4 Å². The van der Waals surface area contributed by atoms with Gasteiger partial charge in [0.1, 0.15) is 11.1 Å². The van der Waals surface area contributed by atoms with Crippen molar-refractivity contribution in [3.63, 3.8) is 0 Å². The highest BCUT2D eigenvalue weighted by atomic mass is 16.6. The van der Waals surface area contributed by atoms with Crippen LogP contribution in [0.25, 0.3) is 0 Å². The third-order valence-electron chi connectivity index (χ3n) is 5.68. The summed E-state index contributed by atoms with van der Waals surface area (Å²) in [6.07, 6.45) is 5.90. The topological polar surface area (TPSA) is 56.6 Å². The van der Waals surface area contributed by atoms with Gasteiger partial charge in [-0.2, -0.15) is 5.26 Å². The highest BCUT2D eigenvalue weighted by molar-refractivity contribution is 5.68. The minimum Gasteiger partial charge on any atom is -0.444 e. The van der Waals surface area contributed by atoms with E-state index >= 15 is 0 Å². The molecule has 2 rings (SSSR count). The molecule has 0 aromatic carbocycles. The second-order valence-corrected chi connectivity index (χ2v) is 8.51. The highest BCUT2D eigenvalue weighted by Crippen LogP contribution is 2.48. The number of ether oxygens (including phenoxy) is 1. The number of hydrogen-bond acceptors (Lipinski definition) is 4. The van der Waals surface area contributed by atoms with Crippen LogP contribution >= 0.6 is 0 Å². The SMILES string of the molecule is CN(C)C1(C#N)CCC2(CCN(C(=O)OC(C)(C)C)CC2)CC1. The standard InChI is InChI=1S/C18H31N3O2/c1-16(2,3)23-15(22)21-12-10-17(11-13-21)6-8-18(14-19,9-7-17)20(4)5/h6-13H2,1-5H3. The first-order valence-corrected chi connectivity index (χ1v) is 8.68. The summed E-state index contributed by atoms with van der Waals surface area (Å²) in [6, 6.07) is 2.53. The van der Waals surface area contributed by atoms with Crippen LogP contribution in [0.4, 0.5) is 4.79 Å². The molecule has 1 aliphatic carbocycles. The second kappa shape index (κ2) is 6.32. The maximum atomic E-state index is 12.2. The number of nitrogens with zero attached hydrogens (tertiary/aromatic N) is 3. The lowest BCUT2D eigenvalue weighted by Crippen LogP contribution is -2.51. The maximum Gasteiger partial charge on any atom is 0.410 e. The molecular formula is C18H31N3O2. The Labute approximate surface area is 140 Å². The van der Waals surface area contributed by atoms with Gasteiger partial charge in [-0.15, -0.1) is 0 Å². The van der Waals surface area contributed by atoms with E-state index in [0.717, 1.165) is 51.6 Å². The normalized spacial score (nSPS) is 23.6. The largest absolute Gasteiger partial charge is 0.444 e. The van der Waals surface area contributed by atoms with Gasteiger partial charge in [-0.05, 0) is 78.8 Å². The van der Waals surface area contributed by atoms with Gasteiger partial charge in [0.05, 0.1) is 6.07 Å². The summed E-state index contributed by atoms with van der Waals surface area (Å²) in [5.74, 6) is 0. The van der Waals surface area contributed by atoms with Crippen LogP contribution in [0.3, 0.4) is 0 Å². The van der Waals surface area contributed by atoms with E-state index in [9.17, 15) is 10.1 Å². The lowest BCUT2D eigenvalue weighted by molar-refractivity contribution is -0.00593. The molecule has 2 aliphatic rings. The van der Waals surface area contributed by atoms with Gasteiger partial charge in [-0.1, -0.05) is 0 Å². The summed E-state index contributed by atoms with van der Waals surface area (Å²) in [5, 5.41) is 9.56. The lowest BCUT2D eigenvalue weighted by atomic mass is 9.63. The summed E-state index contributed by atoms with van der Waals surface area (Å²) >= 11 is 0. The van der Waals surface area contributed by atoms with E-state index in [-0.39, 0.29) is 11.6 Å². The quantitative estimate of drug-likeness (QED) is 0.743. The van der Waals surface area contributed by atoms with Crippen molar-refractivity contribution in [3.8, 4) is 6.07 Å². The van der Waals surface area contributed by atoms with E-state index in [2.05, 4.69) is 11.0 Å². The number of nitriles is 1. The van der Waals surface area contributed by atoms with Crippen molar-refractivity contribution in [2.75, 3.05) is 27.2 Å². The predicted octanol–water partition coefficient (Wildman–Crippen LogP) is 3.40. The zero-order valence-electron chi connectivity index (χ0n) is 15.3. The Hall–Kier alpha value is -1.28. The summed E-state index contributed by atoms with van der Waals surface area (Å²) in [7, 11) is 4.01. The minimum atomic E-state index is -0.435. The van der Waals surface area contributed by atoms with E-state index in [0.29, 0.717) is 5.41 Å². The van der Waals surface area contributed by atoms with Crippen LogP contribution in [0.5, 0.6) is 0 Å². The lowest BCUT2D eigenvalue weighted by Gasteiger charge is -2.49. The number of rotatable bonds is 1. The third-order valence-corrected chi connectivity index (χ3v) is 5.68. The van der Waals surface area contributed by atoms with Gasteiger partial charge in [0.15, 0.2) is 0 Å². The molecule has 0 bridgehead atoms. The van der Waals surface area contributed by atoms with E-state index in [1.54, 1.807) is 0 Å². The Kier molecular flexibility index (Phi) is 4.96. The van der Waals surface area contributed by atoms with Gasteiger partial charge in [0.2, 0.25) is 0 Å². The first-order chi connectivity index (χ1) is 10.6. The van der Waals surface area contributed by atoms with Gasteiger partial charge < -0.3 is 9.64 Å². The zero-order chi connectivity index (χ0) is 17.3. The van der Waals surface area contributed by atoms with Crippen LogP contribution in [0.1, 0.15) is 59.3 Å². The maximum absolute atomic E-state index is 12.2. The van der Waals surface area contributed by atoms with E-state index in [4.69, 9.17) is 4.74 Å². The first-order valence-electron chi connectivity index (χ1n) is 8.68. The smallest absolute Gasteiger partial charge is 0.410 e. The monoisotopic (exact) mass is 321 g/mol. The van der Waals surface area contributed by atoms with Gasteiger partial charge in [0, 0.05) is 13.1 Å². The molecule has 1 spiro atoms. The summed E-state index contributed by atoms with van der Waals surface area (Å²) in [5.41, 5.74) is -0.419. The summed E-state index contributed by atoms with van der Waals surface area (Å²) in [6.45, 7) is 7.26. The fourth-order valence-electron chi connectivity index (χ4n) is 3.84. The van der Waals surface area contributed by atoms with Gasteiger partial charge in [-0.3, -0.25) is 4.90 Å². The fraction of sp³-hybridized carbons (Fsp3) is 0.889. The van der Waals surface area contributed by atoms with Crippen molar-refractivity contribution in [1.29, 1.82) is 5.26 Å². The Balaban J connectivity index is 1.90. The number of carbonyl (C=O) groups excluding carboxylic acids is 1. The van der Waals surface area contributed by atoms with Crippen LogP contribution in [0, 0.1) is 16.7 Å². The Morgan fingerprint density at radius 2 is 1.61 bits per heavy atom. The second-order valence-electron chi connectivity index (χ2n) is 8.51. The van der Waals surface area contributed by atoms with Crippen LogP contribution < -0.4 is 0 Å². The summed E-state index contributed by atoms with van der Waals surface area (Å²) in [4.78, 5) is 16.1. The molecule has 1 amide bonds. The molecule has 23 heavy (non-hydrogen) atoms. The third kappa shape index (κ3) is 3.98. The average Bonchev–Trinajstić information content (AvgIpc) is 2.47. The van der Waals surface area contributed by atoms with Crippen molar-refractivity contribution < 1.29 is 9.53 Å². The van der Waals surface area contributed by atoms with Crippen molar-refractivity contribution in [3.05, 3.63) is 0 Å².